The van der Waals surface area contributed by atoms with Gasteiger partial charge in [0, 0.05) is 6.42 Å². The van der Waals surface area contributed by atoms with Crippen molar-refractivity contribution in [2.75, 3.05) is 7.11 Å². The van der Waals surface area contributed by atoms with Crippen LogP contribution in [0.5, 0.6) is 0 Å². The van der Waals surface area contributed by atoms with Crippen molar-refractivity contribution in [2.45, 2.75) is 111 Å². The van der Waals surface area contributed by atoms with E-state index < -0.39 is 41.6 Å². The molecule has 0 unspecified atom stereocenters. The molecule has 3 atom stereocenters. The van der Waals surface area contributed by atoms with Crippen LogP contribution in [0.3, 0.4) is 0 Å². The minimum absolute atomic E-state index is 0.206. The molecule has 43 heavy (non-hydrogen) atoms. The molecule has 8 heteroatoms. The number of carbonyl (C=O) groups excluding carboxylic acids is 4. The fourth-order valence-electron chi connectivity index (χ4n) is 3.55. The molecule has 0 aliphatic rings. The Balaban J connectivity index is 4.28. The van der Waals surface area contributed by atoms with Crippen LogP contribution in [0.4, 0.5) is 0 Å². The molecular formula is C35H53NO7. The van der Waals surface area contributed by atoms with Gasteiger partial charge in [-0.3, -0.25) is 14.4 Å². The van der Waals surface area contributed by atoms with E-state index in [0.29, 0.717) is 6.42 Å². The summed E-state index contributed by atoms with van der Waals surface area (Å²) in [6, 6.07) is -0.961. The molecule has 0 aliphatic heterocycles. The van der Waals surface area contributed by atoms with Crippen molar-refractivity contribution in [3.63, 3.8) is 0 Å². The van der Waals surface area contributed by atoms with Crippen molar-refractivity contribution in [3.8, 4) is 0 Å². The predicted octanol–water partition coefficient (Wildman–Crippen LogP) is 7.03. The summed E-state index contributed by atoms with van der Waals surface area (Å²) in [5.41, 5.74) is -0.836. The number of hydrogen-bond acceptors (Lipinski definition) is 7. The summed E-state index contributed by atoms with van der Waals surface area (Å²) >= 11 is 0. The summed E-state index contributed by atoms with van der Waals surface area (Å²) < 4.78 is 15.2. The maximum absolute atomic E-state index is 12.5. The van der Waals surface area contributed by atoms with Crippen molar-refractivity contribution in [3.05, 3.63) is 72.9 Å². The molecule has 0 bridgehead atoms. The summed E-state index contributed by atoms with van der Waals surface area (Å²) in [4.78, 5) is 49.4. The molecule has 0 aromatic heterocycles. The first-order chi connectivity index (χ1) is 20.4. The largest absolute Gasteiger partial charge is 0.468 e. The van der Waals surface area contributed by atoms with E-state index in [-0.39, 0.29) is 12.3 Å². The molecule has 0 aromatic carbocycles. The highest BCUT2D eigenvalue weighted by Gasteiger charge is 2.39. The lowest BCUT2D eigenvalue weighted by atomic mass is 10.0. The first-order valence-corrected chi connectivity index (χ1v) is 15.1. The Morgan fingerprint density at radius 3 is 1.53 bits per heavy atom. The fraction of sp³-hybridized carbons (Fsp3) is 0.543. The third kappa shape index (κ3) is 21.7. The van der Waals surface area contributed by atoms with Crippen molar-refractivity contribution < 1.29 is 33.4 Å². The van der Waals surface area contributed by atoms with E-state index in [0.717, 1.165) is 45.6 Å². The lowest BCUT2D eigenvalue weighted by molar-refractivity contribution is -0.177. The van der Waals surface area contributed by atoms with E-state index >= 15 is 0 Å². The average molecular weight is 600 g/mol. The zero-order chi connectivity index (χ0) is 32.5. The molecule has 0 aliphatic carbocycles. The fourth-order valence-corrected chi connectivity index (χ4v) is 3.55. The maximum atomic E-state index is 12.5. The van der Waals surface area contributed by atoms with E-state index in [1.807, 2.05) is 12.2 Å². The SMILES string of the molecule is CC/C=C\C/C=C\C/C=C\C/C=C\C/C=C\C/C=C\CCC(=O)N[C@@H](C)C(=O)O[C@H](C)[C@@H](C(=O)OC)C(=O)OC(C)(C)C. The molecule has 240 valence electrons. The highest BCUT2D eigenvalue weighted by atomic mass is 16.6. The van der Waals surface area contributed by atoms with E-state index in [1.54, 1.807) is 20.8 Å². The lowest BCUT2D eigenvalue weighted by Gasteiger charge is -2.26. The third-order valence-corrected chi connectivity index (χ3v) is 5.75. The zero-order valence-corrected chi connectivity index (χ0v) is 27.2. The molecule has 1 amide bonds. The maximum Gasteiger partial charge on any atom is 0.328 e. The van der Waals surface area contributed by atoms with Crippen LogP contribution in [0.1, 0.15) is 92.9 Å². The van der Waals surface area contributed by atoms with Crippen LogP contribution in [-0.2, 0) is 33.4 Å². The highest BCUT2D eigenvalue weighted by Crippen LogP contribution is 2.18. The molecule has 0 heterocycles. The van der Waals surface area contributed by atoms with Crippen LogP contribution in [0.2, 0.25) is 0 Å². The van der Waals surface area contributed by atoms with Gasteiger partial charge in [0.05, 0.1) is 7.11 Å². The number of methoxy groups -OCH3 is 1. The Kier molecular flexibility index (Phi) is 21.8. The van der Waals surface area contributed by atoms with Gasteiger partial charge < -0.3 is 19.5 Å². The third-order valence-electron chi connectivity index (χ3n) is 5.75. The van der Waals surface area contributed by atoms with Gasteiger partial charge >= 0.3 is 17.9 Å². The second kappa shape index (κ2) is 23.8. The number of carbonyl (C=O) groups is 4. The number of ether oxygens (including phenoxy) is 3. The Morgan fingerprint density at radius 2 is 1.12 bits per heavy atom. The van der Waals surface area contributed by atoms with E-state index in [1.165, 1.54) is 13.8 Å². The van der Waals surface area contributed by atoms with Gasteiger partial charge in [0.15, 0.2) is 5.92 Å². The van der Waals surface area contributed by atoms with Crippen LogP contribution < -0.4 is 5.32 Å². The minimum Gasteiger partial charge on any atom is -0.468 e. The number of esters is 3. The molecule has 0 rings (SSSR count). The number of nitrogens with one attached hydrogen (secondary N) is 1. The highest BCUT2D eigenvalue weighted by molar-refractivity contribution is 5.96. The van der Waals surface area contributed by atoms with Gasteiger partial charge in [-0.25, -0.2) is 4.79 Å². The van der Waals surface area contributed by atoms with Crippen LogP contribution in [0.25, 0.3) is 0 Å². The van der Waals surface area contributed by atoms with Crippen LogP contribution >= 0.6 is 0 Å². The number of rotatable bonds is 20. The van der Waals surface area contributed by atoms with Gasteiger partial charge in [0.1, 0.15) is 17.7 Å². The zero-order valence-electron chi connectivity index (χ0n) is 27.2. The van der Waals surface area contributed by atoms with Crippen molar-refractivity contribution in [1.29, 1.82) is 0 Å². The molecule has 0 radical (unpaired) electrons. The summed E-state index contributed by atoms with van der Waals surface area (Å²) in [5, 5.41) is 2.58. The van der Waals surface area contributed by atoms with Crippen LogP contribution in [-0.4, -0.2) is 48.7 Å². The smallest absolute Gasteiger partial charge is 0.328 e. The van der Waals surface area contributed by atoms with Gasteiger partial charge in [-0.2, -0.15) is 0 Å². The molecule has 8 nitrogen and oxygen atoms in total. The molecular weight excluding hydrogens is 546 g/mol. The second-order valence-electron chi connectivity index (χ2n) is 10.9. The van der Waals surface area contributed by atoms with Crippen molar-refractivity contribution in [2.24, 2.45) is 5.92 Å². The molecule has 0 saturated carbocycles. The quantitative estimate of drug-likeness (QED) is 0.0693. The minimum atomic E-state index is -1.44. The Labute approximate surface area is 259 Å². The Bertz CT molecular complexity index is 1010. The second-order valence-corrected chi connectivity index (χ2v) is 10.9. The van der Waals surface area contributed by atoms with Gasteiger partial charge in [0.2, 0.25) is 5.91 Å². The molecule has 0 saturated heterocycles. The van der Waals surface area contributed by atoms with Gasteiger partial charge in [-0.1, -0.05) is 79.8 Å². The standard InChI is InChI=1S/C35H53NO7/c1-8-9-10-11-12-13-14-15-16-17-18-19-20-21-22-23-24-25-26-27-30(37)36-28(2)32(38)42-29(3)31(33(39)41-7)34(40)43-35(4,5)6/h9-10,12-13,15-16,18-19,21-22,24-25,28-29,31H,8,11,14,17,20,23,26-27H2,1-7H3,(H,36,37)/b10-9-,13-12-,16-15-,19-18-,22-21-,25-24-/t28-,29+,31-/m0/s1. The molecule has 0 aromatic rings. The van der Waals surface area contributed by atoms with Gasteiger partial charge in [-0.05, 0) is 79.6 Å². The first-order valence-electron chi connectivity index (χ1n) is 15.1. The van der Waals surface area contributed by atoms with E-state index in [4.69, 9.17) is 9.47 Å². The summed E-state index contributed by atoms with van der Waals surface area (Å²) in [6.45, 7) is 10.00. The Morgan fingerprint density at radius 1 is 0.674 bits per heavy atom. The number of amides is 1. The van der Waals surface area contributed by atoms with E-state index in [2.05, 4.69) is 77.7 Å². The average Bonchev–Trinajstić information content (AvgIpc) is 2.93. The van der Waals surface area contributed by atoms with Crippen molar-refractivity contribution in [1.82, 2.24) is 5.32 Å². The van der Waals surface area contributed by atoms with Crippen LogP contribution in [0, 0.1) is 5.92 Å². The molecule has 0 spiro atoms. The number of allylic oxidation sites excluding steroid dienone is 12. The number of hydrogen-bond donors (Lipinski definition) is 1. The monoisotopic (exact) mass is 599 g/mol. The first kappa shape index (κ1) is 39.3. The summed E-state index contributed by atoms with van der Waals surface area (Å²) in [7, 11) is 1.13. The summed E-state index contributed by atoms with van der Waals surface area (Å²) in [5.74, 6) is -4.25. The topological polar surface area (TPSA) is 108 Å². The predicted molar refractivity (Wildman–Crippen MR) is 172 cm³/mol. The van der Waals surface area contributed by atoms with Gasteiger partial charge in [-0.15, -0.1) is 0 Å². The molecule has 0 fully saturated rings. The lowest BCUT2D eigenvalue weighted by Crippen LogP contribution is -2.45. The van der Waals surface area contributed by atoms with Crippen molar-refractivity contribution >= 4 is 23.8 Å². The Hall–Kier alpha value is -3.68. The van der Waals surface area contributed by atoms with E-state index in [9.17, 15) is 19.2 Å². The summed E-state index contributed by atoms with van der Waals surface area (Å²) in [6.07, 6.45) is 30.7. The molecule has 1 N–H and O–H groups in total. The van der Waals surface area contributed by atoms with Crippen LogP contribution in [0.15, 0.2) is 72.9 Å². The van der Waals surface area contributed by atoms with Gasteiger partial charge in [0.25, 0.3) is 0 Å². The normalized spacial score (nSPS) is 14.7.